The normalized spacial score (nSPS) is 13.5. The van der Waals surface area contributed by atoms with Gasteiger partial charge in [0.05, 0.1) is 12.7 Å². The minimum Gasteiger partial charge on any atom is -0.392 e. The van der Waals surface area contributed by atoms with Crippen molar-refractivity contribution in [2.45, 2.75) is 39.7 Å². The third-order valence-electron chi connectivity index (χ3n) is 2.57. The van der Waals surface area contributed by atoms with Gasteiger partial charge in [0.2, 0.25) is 0 Å². The molecule has 0 bridgehead atoms. The van der Waals surface area contributed by atoms with E-state index in [0.29, 0.717) is 12.5 Å². The van der Waals surface area contributed by atoms with Crippen LogP contribution in [0.3, 0.4) is 0 Å². The molecule has 0 aliphatic rings. The van der Waals surface area contributed by atoms with Crippen LogP contribution in [-0.4, -0.2) is 37.5 Å². The fourth-order valence-electron chi connectivity index (χ4n) is 1.54. The smallest absolute Gasteiger partial charge is 0.0692 e. The minimum absolute atomic E-state index is 0.216. The maximum Gasteiger partial charge on any atom is 0.0692 e. The van der Waals surface area contributed by atoms with Crippen molar-refractivity contribution in [3.63, 3.8) is 0 Å². The lowest BCUT2D eigenvalue weighted by Crippen LogP contribution is -2.34. The molecule has 0 saturated heterocycles. The van der Waals surface area contributed by atoms with Crippen LogP contribution in [0.4, 0.5) is 0 Å². The lowest BCUT2D eigenvalue weighted by molar-refractivity contribution is 0.0955. The molecule has 0 fully saturated rings. The first-order valence-corrected chi connectivity index (χ1v) is 5.72. The molecule has 0 saturated carbocycles. The second-order valence-electron chi connectivity index (χ2n) is 3.54. The van der Waals surface area contributed by atoms with Gasteiger partial charge in [0, 0.05) is 19.7 Å². The van der Waals surface area contributed by atoms with Gasteiger partial charge in [-0.3, -0.25) is 0 Å². The van der Waals surface area contributed by atoms with Crippen molar-refractivity contribution in [3.8, 4) is 0 Å². The Balaban J connectivity index is 3.37. The Labute approximate surface area is 87.8 Å². The highest BCUT2D eigenvalue weighted by molar-refractivity contribution is 4.68. The Morgan fingerprint density at radius 3 is 2.36 bits per heavy atom. The summed E-state index contributed by atoms with van der Waals surface area (Å²) in [6.07, 6.45) is 1.88. The van der Waals surface area contributed by atoms with Crippen molar-refractivity contribution in [3.05, 3.63) is 0 Å². The summed E-state index contributed by atoms with van der Waals surface area (Å²) < 4.78 is 5.18. The van der Waals surface area contributed by atoms with Gasteiger partial charge in [-0.1, -0.05) is 26.7 Å². The van der Waals surface area contributed by atoms with Gasteiger partial charge in [-0.2, -0.15) is 0 Å². The Kier molecular flexibility index (Phi) is 9.35. The summed E-state index contributed by atoms with van der Waals surface area (Å²) in [5.41, 5.74) is 0. The molecule has 0 spiro atoms. The Morgan fingerprint density at radius 2 is 1.86 bits per heavy atom. The van der Waals surface area contributed by atoms with Crippen LogP contribution in [0.2, 0.25) is 0 Å². The van der Waals surface area contributed by atoms with Gasteiger partial charge in [0.15, 0.2) is 0 Å². The number of hydrogen-bond acceptors (Lipinski definition) is 3. The fraction of sp³-hybridized carbons (Fsp3) is 1.00. The first-order chi connectivity index (χ1) is 6.76. The lowest BCUT2D eigenvalue weighted by Gasteiger charge is -2.20. The van der Waals surface area contributed by atoms with E-state index in [0.717, 1.165) is 32.6 Å². The Morgan fingerprint density at radius 1 is 1.21 bits per heavy atom. The summed E-state index contributed by atoms with van der Waals surface area (Å²) in [6, 6.07) is 0. The Bertz CT molecular complexity index is 116. The largest absolute Gasteiger partial charge is 0.392 e. The van der Waals surface area contributed by atoms with Crippen LogP contribution in [0.15, 0.2) is 0 Å². The van der Waals surface area contributed by atoms with Crippen molar-refractivity contribution >= 4 is 0 Å². The molecule has 86 valence electrons. The minimum atomic E-state index is -0.216. The number of nitrogens with one attached hydrogen (secondary N) is 1. The van der Waals surface area contributed by atoms with Crippen LogP contribution in [-0.2, 0) is 4.74 Å². The van der Waals surface area contributed by atoms with Crippen LogP contribution in [0.5, 0.6) is 0 Å². The van der Waals surface area contributed by atoms with Crippen molar-refractivity contribution in [1.82, 2.24) is 5.32 Å². The van der Waals surface area contributed by atoms with E-state index in [2.05, 4.69) is 19.2 Å². The van der Waals surface area contributed by atoms with E-state index in [9.17, 15) is 5.11 Å². The van der Waals surface area contributed by atoms with Gasteiger partial charge in [0.25, 0.3) is 0 Å². The molecule has 1 unspecified atom stereocenters. The number of rotatable bonds is 9. The van der Waals surface area contributed by atoms with Crippen molar-refractivity contribution < 1.29 is 9.84 Å². The zero-order valence-corrected chi connectivity index (χ0v) is 9.75. The number of hydrogen-bond donors (Lipinski definition) is 2. The molecule has 1 atom stereocenters. The fourth-order valence-corrected chi connectivity index (χ4v) is 1.54. The number of aliphatic hydroxyl groups excluding tert-OH is 1. The lowest BCUT2D eigenvalue weighted by atomic mass is 9.97. The van der Waals surface area contributed by atoms with Gasteiger partial charge >= 0.3 is 0 Å². The van der Waals surface area contributed by atoms with Crippen molar-refractivity contribution in [2.24, 2.45) is 5.92 Å². The first-order valence-electron chi connectivity index (χ1n) is 5.72. The highest BCUT2D eigenvalue weighted by atomic mass is 16.5. The average molecular weight is 203 g/mol. The number of ether oxygens (including phenoxy) is 1. The van der Waals surface area contributed by atoms with Gasteiger partial charge in [-0.05, 0) is 12.8 Å². The molecule has 14 heavy (non-hydrogen) atoms. The second kappa shape index (κ2) is 9.44. The average Bonchev–Trinajstić information content (AvgIpc) is 2.19. The highest BCUT2D eigenvalue weighted by Crippen LogP contribution is 2.11. The summed E-state index contributed by atoms with van der Waals surface area (Å²) in [5.74, 6) is 0.426. The van der Waals surface area contributed by atoms with Crippen LogP contribution in [0.1, 0.15) is 33.6 Å². The predicted octanol–water partition coefficient (Wildman–Crippen LogP) is 1.41. The third kappa shape index (κ3) is 6.35. The van der Waals surface area contributed by atoms with Crippen molar-refractivity contribution in [1.29, 1.82) is 0 Å². The molecule has 2 N–H and O–H groups in total. The molecule has 0 aliphatic carbocycles. The molecule has 0 amide bonds. The maximum absolute atomic E-state index is 9.76. The SMILES string of the molecule is CCOCCNCC(O)C(CC)CC. The predicted molar refractivity (Wildman–Crippen MR) is 59.4 cm³/mol. The maximum atomic E-state index is 9.76. The molecule has 0 rings (SSSR count). The Hall–Kier alpha value is -0.120. The second-order valence-corrected chi connectivity index (χ2v) is 3.54. The molecule has 0 aliphatic heterocycles. The standard InChI is InChI=1S/C11H25NO2/c1-4-10(5-2)11(13)9-12-7-8-14-6-3/h10-13H,4-9H2,1-3H3. The van der Waals surface area contributed by atoms with Crippen LogP contribution in [0.25, 0.3) is 0 Å². The first kappa shape index (κ1) is 13.9. The molecule has 0 aromatic rings. The summed E-state index contributed by atoms with van der Waals surface area (Å²) in [7, 11) is 0. The molecular formula is C11H25NO2. The van der Waals surface area contributed by atoms with E-state index < -0.39 is 0 Å². The molecule has 3 nitrogen and oxygen atoms in total. The zero-order chi connectivity index (χ0) is 10.8. The van der Waals surface area contributed by atoms with E-state index in [1.54, 1.807) is 0 Å². The topological polar surface area (TPSA) is 41.5 Å². The van der Waals surface area contributed by atoms with Gasteiger partial charge in [0.1, 0.15) is 0 Å². The van der Waals surface area contributed by atoms with Gasteiger partial charge in [-0.15, -0.1) is 0 Å². The van der Waals surface area contributed by atoms with Gasteiger partial charge in [-0.25, -0.2) is 0 Å². The van der Waals surface area contributed by atoms with Crippen molar-refractivity contribution in [2.75, 3.05) is 26.3 Å². The zero-order valence-electron chi connectivity index (χ0n) is 9.75. The summed E-state index contributed by atoms with van der Waals surface area (Å²) in [5, 5.41) is 13.0. The molecule has 3 heteroatoms. The van der Waals surface area contributed by atoms with Crippen LogP contribution in [0, 0.1) is 5.92 Å². The van der Waals surface area contributed by atoms with E-state index in [4.69, 9.17) is 4.74 Å². The van der Waals surface area contributed by atoms with E-state index in [1.807, 2.05) is 6.92 Å². The van der Waals surface area contributed by atoms with E-state index in [1.165, 1.54) is 0 Å². The quantitative estimate of drug-likeness (QED) is 0.557. The monoisotopic (exact) mass is 203 g/mol. The van der Waals surface area contributed by atoms with Crippen LogP contribution >= 0.6 is 0 Å². The number of aliphatic hydroxyl groups is 1. The molecule has 0 aromatic carbocycles. The van der Waals surface area contributed by atoms with Crippen LogP contribution < -0.4 is 5.32 Å². The molecule has 0 heterocycles. The van der Waals surface area contributed by atoms with E-state index in [-0.39, 0.29) is 6.10 Å². The third-order valence-corrected chi connectivity index (χ3v) is 2.57. The summed E-state index contributed by atoms with van der Waals surface area (Å²) in [6.45, 7) is 9.22. The highest BCUT2D eigenvalue weighted by Gasteiger charge is 2.14. The summed E-state index contributed by atoms with van der Waals surface area (Å²) in [4.78, 5) is 0. The molecule has 0 radical (unpaired) electrons. The molecular weight excluding hydrogens is 178 g/mol. The summed E-state index contributed by atoms with van der Waals surface area (Å²) >= 11 is 0. The molecule has 0 aromatic heterocycles. The van der Waals surface area contributed by atoms with E-state index >= 15 is 0 Å². The van der Waals surface area contributed by atoms with Gasteiger partial charge < -0.3 is 15.2 Å².